The third-order valence-electron chi connectivity index (χ3n) is 3.45. The first-order valence-corrected chi connectivity index (χ1v) is 7.10. The lowest BCUT2D eigenvalue weighted by Crippen LogP contribution is -2.29. The number of rotatable bonds is 6. The molecule has 1 unspecified atom stereocenters. The van der Waals surface area contributed by atoms with Gasteiger partial charge in [-0.3, -0.25) is 0 Å². The van der Waals surface area contributed by atoms with Gasteiger partial charge in [0.1, 0.15) is 0 Å². The van der Waals surface area contributed by atoms with E-state index in [1.165, 1.54) is 32.0 Å². The normalized spacial score (nSPS) is 17.1. The molecule has 2 rings (SSSR count). The summed E-state index contributed by atoms with van der Waals surface area (Å²) >= 11 is 0. The van der Waals surface area contributed by atoms with Crippen LogP contribution in [-0.4, -0.2) is 52.1 Å². The second-order valence-corrected chi connectivity index (χ2v) is 5.52. The Bertz CT molecular complexity index is 472. The minimum absolute atomic E-state index is 0.0344. The van der Waals surface area contributed by atoms with Crippen LogP contribution in [0.4, 0.5) is 5.95 Å². The van der Waals surface area contributed by atoms with Crippen molar-refractivity contribution in [3.05, 3.63) is 17.5 Å². The van der Waals surface area contributed by atoms with Crippen LogP contribution in [0.15, 0.2) is 6.07 Å². The largest absolute Gasteiger partial charge is 0.477 e. The number of carbonyl (C=O) groups is 1. The number of hydrogen-bond donors (Lipinski definition) is 2. The Morgan fingerprint density at radius 1 is 1.45 bits per heavy atom. The van der Waals surface area contributed by atoms with Crippen LogP contribution in [-0.2, 0) is 0 Å². The van der Waals surface area contributed by atoms with E-state index in [1.807, 2.05) is 0 Å². The van der Waals surface area contributed by atoms with Crippen molar-refractivity contribution in [2.75, 3.05) is 31.5 Å². The Balaban J connectivity index is 1.87. The van der Waals surface area contributed by atoms with Crippen LogP contribution in [0.5, 0.6) is 0 Å². The van der Waals surface area contributed by atoms with Crippen LogP contribution in [0.3, 0.4) is 0 Å². The van der Waals surface area contributed by atoms with Gasteiger partial charge in [-0.1, -0.05) is 6.92 Å². The zero-order valence-corrected chi connectivity index (χ0v) is 12.1. The van der Waals surface area contributed by atoms with Gasteiger partial charge in [-0.25, -0.2) is 14.8 Å². The van der Waals surface area contributed by atoms with Crippen molar-refractivity contribution in [2.24, 2.45) is 5.92 Å². The van der Waals surface area contributed by atoms with Gasteiger partial charge in [0.25, 0.3) is 0 Å². The Morgan fingerprint density at radius 2 is 2.15 bits per heavy atom. The maximum absolute atomic E-state index is 10.9. The van der Waals surface area contributed by atoms with Crippen LogP contribution in [0.1, 0.15) is 35.9 Å². The fraction of sp³-hybridized carbons (Fsp3) is 0.643. The van der Waals surface area contributed by atoms with E-state index in [9.17, 15) is 4.79 Å². The van der Waals surface area contributed by atoms with Crippen molar-refractivity contribution < 1.29 is 9.90 Å². The van der Waals surface area contributed by atoms with Crippen molar-refractivity contribution in [3.8, 4) is 0 Å². The summed E-state index contributed by atoms with van der Waals surface area (Å²) in [4.78, 5) is 21.6. The molecule has 0 aliphatic carbocycles. The van der Waals surface area contributed by atoms with Crippen molar-refractivity contribution in [2.45, 2.75) is 26.7 Å². The Morgan fingerprint density at radius 3 is 2.80 bits per heavy atom. The molecule has 110 valence electrons. The molecule has 1 aromatic heterocycles. The molecule has 0 bridgehead atoms. The zero-order chi connectivity index (χ0) is 14.5. The second kappa shape index (κ2) is 6.65. The van der Waals surface area contributed by atoms with E-state index in [0.29, 0.717) is 17.6 Å². The van der Waals surface area contributed by atoms with E-state index in [2.05, 4.69) is 27.1 Å². The summed E-state index contributed by atoms with van der Waals surface area (Å²) in [5.74, 6) is -0.148. The zero-order valence-electron chi connectivity index (χ0n) is 12.1. The van der Waals surface area contributed by atoms with Gasteiger partial charge in [-0.15, -0.1) is 0 Å². The maximum atomic E-state index is 10.9. The summed E-state index contributed by atoms with van der Waals surface area (Å²) in [7, 11) is 0. The first-order chi connectivity index (χ1) is 9.54. The average Bonchev–Trinajstić information content (AvgIpc) is 2.88. The summed E-state index contributed by atoms with van der Waals surface area (Å²) in [5.41, 5.74) is 0.694. The number of aryl methyl sites for hydroxylation is 1. The molecule has 1 aliphatic heterocycles. The lowest BCUT2D eigenvalue weighted by molar-refractivity contribution is 0.0690. The van der Waals surface area contributed by atoms with Gasteiger partial charge in [0, 0.05) is 18.8 Å². The van der Waals surface area contributed by atoms with Crippen molar-refractivity contribution in [1.29, 1.82) is 0 Å². The second-order valence-electron chi connectivity index (χ2n) is 5.52. The van der Waals surface area contributed by atoms with Crippen LogP contribution in [0, 0.1) is 12.8 Å². The molecular formula is C14H22N4O2. The summed E-state index contributed by atoms with van der Waals surface area (Å²) in [5, 5.41) is 12.1. The third kappa shape index (κ3) is 4.16. The van der Waals surface area contributed by atoms with Gasteiger partial charge >= 0.3 is 5.97 Å². The highest BCUT2D eigenvalue weighted by atomic mass is 16.4. The number of aromatic nitrogens is 2. The van der Waals surface area contributed by atoms with Crippen LogP contribution < -0.4 is 5.32 Å². The van der Waals surface area contributed by atoms with Crippen LogP contribution in [0.25, 0.3) is 0 Å². The molecule has 0 spiro atoms. The molecule has 1 fully saturated rings. The predicted molar refractivity (Wildman–Crippen MR) is 77.1 cm³/mol. The van der Waals surface area contributed by atoms with Crippen LogP contribution >= 0.6 is 0 Å². The number of carboxylic acid groups (broad SMARTS) is 1. The smallest absolute Gasteiger partial charge is 0.354 e. The minimum atomic E-state index is -1.02. The van der Waals surface area contributed by atoms with Gasteiger partial charge in [0.05, 0.1) is 0 Å². The first-order valence-electron chi connectivity index (χ1n) is 7.10. The van der Waals surface area contributed by atoms with Gasteiger partial charge in [0.15, 0.2) is 5.69 Å². The van der Waals surface area contributed by atoms with E-state index in [-0.39, 0.29) is 5.69 Å². The number of carboxylic acids is 1. The molecule has 6 heteroatoms. The average molecular weight is 278 g/mol. The molecule has 1 saturated heterocycles. The molecule has 6 nitrogen and oxygen atoms in total. The maximum Gasteiger partial charge on any atom is 0.354 e. The highest BCUT2D eigenvalue weighted by molar-refractivity contribution is 5.85. The quantitative estimate of drug-likeness (QED) is 0.823. The number of hydrogen-bond acceptors (Lipinski definition) is 5. The van der Waals surface area contributed by atoms with E-state index >= 15 is 0 Å². The molecule has 0 radical (unpaired) electrons. The number of anilines is 1. The number of nitrogens with one attached hydrogen (secondary N) is 1. The molecule has 2 N–H and O–H groups in total. The fourth-order valence-electron chi connectivity index (χ4n) is 2.49. The predicted octanol–water partition coefficient (Wildman–Crippen LogP) is 1.63. The van der Waals surface area contributed by atoms with E-state index < -0.39 is 5.97 Å². The summed E-state index contributed by atoms with van der Waals surface area (Å²) in [6.45, 7) is 8.14. The number of likely N-dealkylation sites (tertiary alicyclic amines) is 1. The Labute approximate surface area is 119 Å². The van der Waals surface area contributed by atoms with Gasteiger partial charge in [-0.05, 0) is 44.8 Å². The van der Waals surface area contributed by atoms with Gasteiger partial charge in [-0.2, -0.15) is 0 Å². The molecule has 0 saturated carbocycles. The Kier molecular flexibility index (Phi) is 4.89. The molecule has 1 aliphatic rings. The van der Waals surface area contributed by atoms with Crippen molar-refractivity contribution in [3.63, 3.8) is 0 Å². The SMILES string of the molecule is Cc1cc(C(=O)O)nc(NCC(C)CN2CCCC2)n1. The summed E-state index contributed by atoms with van der Waals surface area (Å²) < 4.78 is 0. The topological polar surface area (TPSA) is 78.3 Å². The van der Waals surface area contributed by atoms with Crippen LogP contribution in [0.2, 0.25) is 0 Å². The molecule has 1 aromatic rings. The minimum Gasteiger partial charge on any atom is -0.477 e. The molecule has 0 amide bonds. The fourth-order valence-corrected chi connectivity index (χ4v) is 2.49. The standard InChI is InChI=1S/C14H22N4O2/c1-10(9-18-5-3-4-6-18)8-15-14-16-11(2)7-12(17-14)13(19)20/h7,10H,3-6,8-9H2,1-2H3,(H,19,20)(H,15,16,17). The molecule has 2 heterocycles. The van der Waals surface area contributed by atoms with Gasteiger partial charge < -0.3 is 15.3 Å². The van der Waals surface area contributed by atoms with Crippen molar-refractivity contribution in [1.82, 2.24) is 14.9 Å². The van der Waals surface area contributed by atoms with Crippen molar-refractivity contribution >= 4 is 11.9 Å². The lowest BCUT2D eigenvalue weighted by Gasteiger charge is -2.20. The van der Waals surface area contributed by atoms with E-state index in [4.69, 9.17) is 5.11 Å². The Hall–Kier alpha value is -1.69. The number of nitrogens with zero attached hydrogens (tertiary/aromatic N) is 3. The molecule has 1 atom stereocenters. The number of aromatic carboxylic acids is 1. The van der Waals surface area contributed by atoms with E-state index in [0.717, 1.165) is 13.1 Å². The molecule has 20 heavy (non-hydrogen) atoms. The molecular weight excluding hydrogens is 256 g/mol. The third-order valence-corrected chi connectivity index (χ3v) is 3.45. The highest BCUT2D eigenvalue weighted by Crippen LogP contribution is 2.11. The monoisotopic (exact) mass is 278 g/mol. The van der Waals surface area contributed by atoms with E-state index in [1.54, 1.807) is 6.92 Å². The lowest BCUT2D eigenvalue weighted by atomic mass is 10.1. The van der Waals surface area contributed by atoms with Gasteiger partial charge in [0.2, 0.25) is 5.95 Å². The summed E-state index contributed by atoms with van der Waals surface area (Å²) in [6.07, 6.45) is 2.59. The molecule has 0 aromatic carbocycles. The summed E-state index contributed by atoms with van der Waals surface area (Å²) in [6, 6.07) is 1.47. The highest BCUT2D eigenvalue weighted by Gasteiger charge is 2.15. The first kappa shape index (κ1) is 14.7.